The van der Waals surface area contributed by atoms with Crippen LogP contribution < -0.4 is 5.11 Å². The van der Waals surface area contributed by atoms with Crippen LogP contribution in [0.4, 0.5) is 0 Å². The summed E-state index contributed by atoms with van der Waals surface area (Å²) in [4.78, 5) is 37.1. The number of allylic oxidation sites excluding steroid dienone is 16. The number of carboxylic acid groups (broad SMARTS) is 1. The number of hydrogen-bond donors (Lipinski definition) is 0. The highest BCUT2D eigenvalue weighted by Crippen LogP contribution is 2.14. The van der Waals surface area contributed by atoms with Crippen molar-refractivity contribution in [3.05, 3.63) is 97.2 Å². The van der Waals surface area contributed by atoms with Gasteiger partial charge < -0.3 is 28.6 Å². The van der Waals surface area contributed by atoms with E-state index in [-0.39, 0.29) is 49.1 Å². The Bertz CT molecular complexity index is 1410. The highest BCUT2D eigenvalue weighted by molar-refractivity contribution is 5.70. The minimum atomic E-state index is -1.14. The Morgan fingerprint density at radius 3 is 1.28 bits per heavy atom. The first kappa shape index (κ1) is 63.2. The van der Waals surface area contributed by atoms with Crippen molar-refractivity contribution in [2.45, 2.75) is 219 Å². The van der Waals surface area contributed by atoms with Crippen LogP contribution in [0.5, 0.6) is 0 Å². The Hall–Kier alpha value is -3.75. The first-order valence-corrected chi connectivity index (χ1v) is 26.8. The maximum Gasteiger partial charge on any atom is 0.306 e. The molecule has 0 aliphatic heterocycles. The molecule has 8 heteroatoms. The lowest BCUT2D eigenvalue weighted by Crippen LogP contribution is -2.55. The van der Waals surface area contributed by atoms with Gasteiger partial charge in [0, 0.05) is 19.3 Å². The van der Waals surface area contributed by atoms with Crippen molar-refractivity contribution < 1.29 is 38.2 Å². The molecule has 8 nitrogen and oxygen atoms in total. The lowest BCUT2D eigenvalue weighted by Gasteiger charge is -2.34. The zero-order chi connectivity index (χ0) is 49.2. The van der Waals surface area contributed by atoms with Crippen LogP contribution in [0.1, 0.15) is 206 Å². The molecule has 2 atom stereocenters. The van der Waals surface area contributed by atoms with Crippen LogP contribution in [-0.2, 0) is 28.6 Å². The smallest absolute Gasteiger partial charge is 0.306 e. The monoisotopic (exact) mass is 934 g/mol. The van der Waals surface area contributed by atoms with Gasteiger partial charge in [-0.05, 0) is 89.9 Å². The van der Waals surface area contributed by atoms with Gasteiger partial charge in [0.25, 0.3) is 0 Å². The summed E-state index contributed by atoms with van der Waals surface area (Å²) >= 11 is 0. The lowest BCUT2D eigenvalue weighted by atomic mass is 10.1. The van der Waals surface area contributed by atoms with Crippen LogP contribution in [0.25, 0.3) is 0 Å². The number of quaternary nitrogens is 1. The van der Waals surface area contributed by atoms with Gasteiger partial charge in [-0.2, -0.15) is 0 Å². The second-order valence-corrected chi connectivity index (χ2v) is 18.7. The van der Waals surface area contributed by atoms with Crippen LogP contribution in [0.2, 0.25) is 0 Å². The molecule has 0 aliphatic rings. The van der Waals surface area contributed by atoms with Crippen molar-refractivity contribution >= 4 is 17.9 Å². The van der Waals surface area contributed by atoms with E-state index in [1.807, 2.05) is 0 Å². The number of nitrogens with zero attached hydrogens (tertiary/aromatic N) is 1. The van der Waals surface area contributed by atoms with Gasteiger partial charge in [0.1, 0.15) is 12.6 Å². The third kappa shape index (κ3) is 47.1. The molecule has 0 aliphatic carbocycles. The molecule has 0 aromatic rings. The molecule has 382 valence electrons. The fraction of sp³-hybridized carbons (Fsp3) is 0.678. The van der Waals surface area contributed by atoms with Crippen molar-refractivity contribution in [1.82, 2.24) is 0 Å². The predicted octanol–water partition coefficient (Wildman–Crippen LogP) is 14.5. The minimum Gasteiger partial charge on any atom is -0.544 e. The van der Waals surface area contributed by atoms with E-state index >= 15 is 0 Å². The fourth-order valence-corrected chi connectivity index (χ4v) is 7.35. The quantitative estimate of drug-likeness (QED) is 0.0259. The van der Waals surface area contributed by atoms with Gasteiger partial charge in [-0.1, -0.05) is 195 Å². The molecule has 0 heterocycles. The molecule has 0 N–H and O–H groups in total. The van der Waals surface area contributed by atoms with E-state index in [1.54, 1.807) is 21.1 Å². The number of rotatable bonds is 47. The summed E-state index contributed by atoms with van der Waals surface area (Å²) in [7, 11) is 5.39. The highest BCUT2D eigenvalue weighted by Gasteiger charge is 2.25. The Labute approximate surface area is 411 Å². The van der Waals surface area contributed by atoms with Gasteiger partial charge in [0.2, 0.25) is 0 Å². The first-order chi connectivity index (χ1) is 32.6. The van der Waals surface area contributed by atoms with Gasteiger partial charge in [-0.25, -0.2) is 0 Å². The van der Waals surface area contributed by atoms with Crippen molar-refractivity contribution in [2.24, 2.45) is 0 Å². The summed E-state index contributed by atoms with van der Waals surface area (Å²) in [6.45, 7) is 4.48. The second-order valence-electron chi connectivity index (χ2n) is 18.7. The molecule has 0 aromatic carbocycles. The summed E-state index contributed by atoms with van der Waals surface area (Å²) in [5.41, 5.74) is 0. The number of esters is 2. The maximum atomic E-state index is 12.8. The van der Waals surface area contributed by atoms with E-state index in [2.05, 4.69) is 111 Å². The number of hydrogen-bond acceptors (Lipinski definition) is 7. The summed E-state index contributed by atoms with van der Waals surface area (Å²) in [5.74, 6) is -1.83. The van der Waals surface area contributed by atoms with Crippen LogP contribution in [-0.4, -0.2) is 75.5 Å². The zero-order valence-electron chi connectivity index (χ0n) is 43.5. The average molecular weight is 934 g/mol. The Morgan fingerprint density at radius 1 is 0.463 bits per heavy atom. The number of carbonyl (C=O) groups is 3. The normalized spacial score (nSPS) is 13.6. The SMILES string of the molecule is CC/C=C/C/C=C/C/C=C/C/C=C/C/C=C/C/C=C/CCCC(=O)OC(COCCC(C(=O)[O-])[N+](C)(C)C)COC(=O)CCCCCCCCC/C=C/C/C=C/CCCCCCCCCCC. The van der Waals surface area contributed by atoms with E-state index < -0.39 is 18.1 Å². The third-order valence-electron chi connectivity index (χ3n) is 11.5. The number of carboxylic acids is 1. The number of likely N-dealkylation sites (N-methyl/N-ethyl adjacent to an activating group) is 1. The summed E-state index contributed by atoms with van der Waals surface area (Å²) in [6.07, 6.45) is 66.0. The Balaban J connectivity index is 4.34. The predicted molar refractivity (Wildman–Crippen MR) is 281 cm³/mol. The third-order valence-corrected chi connectivity index (χ3v) is 11.5. The lowest BCUT2D eigenvalue weighted by molar-refractivity contribution is -0.889. The van der Waals surface area contributed by atoms with E-state index in [1.165, 1.54) is 89.9 Å². The van der Waals surface area contributed by atoms with E-state index in [9.17, 15) is 19.5 Å². The molecule has 2 unspecified atom stereocenters. The van der Waals surface area contributed by atoms with Gasteiger partial charge in [0.15, 0.2) is 6.10 Å². The van der Waals surface area contributed by atoms with E-state index in [4.69, 9.17) is 14.2 Å². The summed E-state index contributed by atoms with van der Waals surface area (Å²) in [5, 5.41) is 11.7. The topological polar surface area (TPSA) is 102 Å². The maximum absolute atomic E-state index is 12.8. The summed E-state index contributed by atoms with van der Waals surface area (Å²) < 4.78 is 17.2. The zero-order valence-corrected chi connectivity index (χ0v) is 43.5. The van der Waals surface area contributed by atoms with Crippen molar-refractivity contribution in [3.63, 3.8) is 0 Å². The fourth-order valence-electron chi connectivity index (χ4n) is 7.35. The van der Waals surface area contributed by atoms with Crippen molar-refractivity contribution in [3.8, 4) is 0 Å². The van der Waals surface area contributed by atoms with Gasteiger partial charge in [-0.15, -0.1) is 0 Å². The van der Waals surface area contributed by atoms with Crippen molar-refractivity contribution in [2.75, 3.05) is 41.0 Å². The number of carbonyl (C=O) groups excluding carboxylic acids is 3. The molecule has 0 aromatic heterocycles. The standard InChI is InChI=1S/C59H99NO7/c1-6-8-10-12-14-16-18-20-22-24-26-28-29-30-32-33-35-37-39-41-43-45-47-49-57(61)66-54-55(53-65-52-51-56(59(63)64)60(3,4)5)67-58(62)50-48-46-44-42-40-38-36-34-31-27-25-23-21-19-17-15-13-11-9-7-2/h9,11,15,17,21,23,26-28,30-32,36,38,42,44,55-56H,6-8,10,12-14,16,18-20,22,24-25,29,33-35,37,39-41,43,45-54H2,1-5H3/b11-9+,17-15+,23-21+,28-26+,31-27+,32-30+,38-36+,44-42+. The van der Waals surface area contributed by atoms with Crippen LogP contribution in [0.15, 0.2) is 97.2 Å². The molecule has 0 amide bonds. The number of unbranched alkanes of at least 4 members (excludes halogenated alkanes) is 17. The molecule has 0 rings (SSSR count). The molecule has 0 radical (unpaired) electrons. The van der Waals surface area contributed by atoms with Crippen LogP contribution in [0, 0.1) is 0 Å². The average Bonchev–Trinajstić information content (AvgIpc) is 3.29. The van der Waals surface area contributed by atoms with Gasteiger partial charge >= 0.3 is 11.9 Å². The number of ether oxygens (including phenoxy) is 3. The molecule has 0 saturated carbocycles. The second kappa shape index (κ2) is 48.7. The molecule has 0 fully saturated rings. The number of aliphatic carboxylic acids is 1. The Morgan fingerprint density at radius 2 is 0.851 bits per heavy atom. The largest absolute Gasteiger partial charge is 0.544 e. The minimum absolute atomic E-state index is 0.00929. The molecule has 0 saturated heterocycles. The molecule has 0 bridgehead atoms. The van der Waals surface area contributed by atoms with Crippen LogP contribution in [0.3, 0.4) is 0 Å². The van der Waals surface area contributed by atoms with E-state index in [0.29, 0.717) is 12.8 Å². The molecule has 0 spiro atoms. The summed E-state index contributed by atoms with van der Waals surface area (Å²) in [6, 6.07) is -0.744. The van der Waals surface area contributed by atoms with Crippen LogP contribution >= 0.6 is 0 Å². The van der Waals surface area contributed by atoms with Gasteiger partial charge in [-0.3, -0.25) is 9.59 Å². The Kier molecular flexibility index (Phi) is 46.0. The first-order valence-electron chi connectivity index (χ1n) is 26.8. The molecular formula is C59H99NO7. The molecule has 67 heavy (non-hydrogen) atoms. The molecular weight excluding hydrogens is 835 g/mol. The van der Waals surface area contributed by atoms with Gasteiger partial charge in [0.05, 0.1) is 40.3 Å². The van der Waals surface area contributed by atoms with Crippen molar-refractivity contribution in [1.29, 1.82) is 0 Å². The van der Waals surface area contributed by atoms with E-state index in [0.717, 1.165) is 77.0 Å². The highest BCUT2D eigenvalue weighted by atomic mass is 16.6.